The number of carbonyl (C=O) groups is 2. The highest BCUT2D eigenvalue weighted by atomic mass is 16.6. The van der Waals surface area contributed by atoms with Crippen LogP contribution in [-0.4, -0.2) is 77.6 Å². The molecular weight excluding hydrogens is 306 g/mol. The van der Waals surface area contributed by atoms with Gasteiger partial charge >= 0.3 is 6.09 Å². The van der Waals surface area contributed by atoms with E-state index in [1.807, 2.05) is 11.8 Å². The van der Waals surface area contributed by atoms with E-state index < -0.39 is 0 Å². The van der Waals surface area contributed by atoms with E-state index in [9.17, 15) is 9.59 Å². The van der Waals surface area contributed by atoms with Crippen molar-refractivity contribution in [2.75, 3.05) is 32.8 Å². The Bertz CT molecular complexity index is 454. The third-order valence-electron chi connectivity index (χ3n) is 5.94. The van der Waals surface area contributed by atoms with Crippen LogP contribution in [0.1, 0.15) is 52.4 Å². The quantitative estimate of drug-likeness (QED) is 0.791. The van der Waals surface area contributed by atoms with Gasteiger partial charge in [0.1, 0.15) is 0 Å². The summed E-state index contributed by atoms with van der Waals surface area (Å²) in [6.07, 6.45) is 5.82. The van der Waals surface area contributed by atoms with Gasteiger partial charge in [-0.2, -0.15) is 0 Å². The molecule has 24 heavy (non-hydrogen) atoms. The van der Waals surface area contributed by atoms with Gasteiger partial charge in [0.25, 0.3) is 0 Å². The number of amides is 2. The van der Waals surface area contributed by atoms with Gasteiger partial charge in [-0.1, -0.05) is 0 Å². The molecule has 3 fully saturated rings. The van der Waals surface area contributed by atoms with Crippen molar-refractivity contribution in [1.29, 1.82) is 0 Å². The minimum Gasteiger partial charge on any atom is -0.450 e. The maximum atomic E-state index is 12.1. The van der Waals surface area contributed by atoms with Crippen LogP contribution in [0.2, 0.25) is 0 Å². The highest BCUT2D eigenvalue weighted by Crippen LogP contribution is 2.28. The zero-order valence-corrected chi connectivity index (χ0v) is 15.1. The molecule has 0 aliphatic carbocycles. The first-order chi connectivity index (χ1) is 11.6. The van der Waals surface area contributed by atoms with Gasteiger partial charge in [0.2, 0.25) is 5.91 Å². The van der Waals surface area contributed by atoms with E-state index in [-0.39, 0.29) is 6.09 Å². The minimum atomic E-state index is -0.170. The molecular formula is C18H31N3O3. The van der Waals surface area contributed by atoms with E-state index in [0.29, 0.717) is 30.6 Å². The topological polar surface area (TPSA) is 53.1 Å². The van der Waals surface area contributed by atoms with Crippen LogP contribution < -0.4 is 0 Å². The Morgan fingerprint density at radius 3 is 2.21 bits per heavy atom. The number of hydrogen-bond donors (Lipinski definition) is 0. The summed E-state index contributed by atoms with van der Waals surface area (Å²) in [5.74, 6) is 0.351. The van der Waals surface area contributed by atoms with Crippen LogP contribution in [0.3, 0.4) is 0 Å². The third-order valence-corrected chi connectivity index (χ3v) is 5.94. The molecule has 1 atom stereocenters. The van der Waals surface area contributed by atoms with E-state index in [1.54, 1.807) is 0 Å². The molecule has 0 N–H and O–H groups in total. The Morgan fingerprint density at radius 1 is 1.04 bits per heavy atom. The highest BCUT2D eigenvalue weighted by molar-refractivity contribution is 5.79. The molecule has 6 nitrogen and oxygen atoms in total. The summed E-state index contributed by atoms with van der Waals surface area (Å²) in [5.41, 5.74) is 0. The molecule has 0 aromatic rings. The largest absolute Gasteiger partial charge is 0.450 e. The molecule has 0 saturated carbocycles. The average Bonchev–Trinajstić information content (AvgIpc) is 2.94. The zero-order chi connectivity index (χ0) is 17.1. The first-order valence-electron chi connectivity index (χ1n) is 9.57. The first-order valence-corrected chi connectivity index (χ1v) is 9.57. The zero-order valence-electron chi connectivity index (χ0n) is 15.1. The second kappa shape index (κ2) is 7.72. The second-order valence-corrected chi connectivity index (χ2v) is 7.37. The molecule has 136 valence electrons. The Labute approximate surface area is 145 Å². The molecule has 3 aliphatic heterocycles. The van der Waals surface area contributed by atoms with Crippen molar-refractivity contribution in [2.24, 2.45) is 0 Å². The molecule has 0 aromatic carbocycles. The van der Waals surface area contributed by atoms with Gasteiger partial charge in [-0.05, 0) is 46.0 Å². The van der Waals surface area contributed by atoms with Crippen molar-refractivity contribution in [3.63, 3.8) is 0 Å². The van der Waals surface area contributed by atoms with Crippen molar-refractivity contribution >= 4 is 12.0 Å². The molecule has 6 heteroatoms. The molecule has 0 spiro atoms. The van der Waals surface area contributed by atoms with Crippen LogP contribution in [0.4, 0.5) is 4.79 Å². The van der Waals surface area contributed by atoms with Gasteiger partial charge < -0.3 is 19.4 Å². The van der Waals surface area contributed by atoms with E-state index in [0.717, 1.165) is 64.7 Å². The molecule has 3 aliphatic rings. The number of hydrogen-bond acceptors (Lipinski definition) is 4. The minimum absolute atomic E-state index is 0.170. The lowest BCUT2D eigenvalue weighted by Crippen LogP contribution is -2.52. The van der Waals surface area contributed by atoms with Crippen molar-refractivity contribution in [3.8, 4) is 0 Å². The van der Waals surface area contributed by atoms with Crippen LogP contribution in [0.15, 0.2) is 0 Å². The highest BCUT2D eigenvalue weighted by Gasteiger charge is 2.37. The summed E-state index contributed by atoms with van der Waals surface area (Å²) in [6, 6.07) is 1.43. The molecule has 3 rings (SSSR count). The van der Waals surface area contributed by atoms with Gasteiger partial charge in [-0.15, -0.1) is 0 Å². The number of nitrogens with zero attached hydrogens (tertiary/aromatic N) is 3. The normalized spacial score (nSPS) is 27.8. The van der Waals surface area contributed by atoms with Crippen molar-refractivity contribution in [3.05, 3.63) is 0 Å². The standard InChI is InChI=1S/C18H31N3O3/c1-3-24-18(23)20-12-6-15(7-13-20)19-10-8-16(9-11-19)21-14(2)4-5-17(21)22/h14-16H,3-13H2,1-2H3/t14-/m0/s1. The van der Waals surface area contributed by atoms with Crippen molar-refractivity contribution in [2.45, 2.75) is 70.5 Å². The van der Waals surface area contributed by atoms with Crippen molar-refractivity contribution < 1.29 is 14.3 Å². The van der Waals surface area contributed by atoms with Crippen LogP contribution in [0.25, 0.3) is 0 Å². The predicted molar refractivity (Wildman–Crippen MR) is 91.8 cm³/mol. The van der Waals surface area contributed by atoms with E-state index >= 15 is 0 Å². The fraction of sp³-hybridized carbons (Fsp3) is 0.889. The average molecular weight is 337 g/mol. The second-order valence-electron chi connectivity index (χ2n) is 7.37. The third kappa shape index (κ3) is 3.68. The van der Waals surface area contributed by atoms with Gasteiger partial charge in [-0.25, -0.2) is 4.79 Å². The smallest absolute Gasteiger partial charge is 0.409 e. The van der Waals surface area contributed by atoms with E-state index in [2.05, 4.69) is 16.7 Å². The Kier molecular flexibility index (Phi) is 5.64. The van der Waals surface area contributed by atoms with Crippen LogP contribution >= 0.6 is 0 Å². The SMILES string of the molecule is CCOC(=O)N1CCC(N2CCC(N3C(=O)CC[C@@H]3C)CC2)CC1. The number of rotatable bonds is 3. The summed E-state index contributed by atoms with van der Waals surface area (Å²) in [5, 5.41) is 0. The molecule has 0 bridgehead atoms. The Balaban J connectivity index is 1.44. The fourth-order valence-corrected chi connectivity index (χ4v) is 4.57. The van der Waals surface area contributed by atoms with Crippen LogP contribution in [-0.2, 0) is 9.53 Å². The summed E-state index contributed by atoms with van der Waals surface area (Å²) in [7, 11) is 0. The van der Waals surface area contributed by atoms with Gasteiger partial charge in [0.15, 0.2) is 0 Å². The molecule has 2 amide bonds. The molecule has 0 aromatic heterocycles. The number of ether oxygens (including phenoxy) is 1. The summed E-state index contributed by atoms with van der Waals surface area (Å²) in [4.78, 5) is 30.4. The van der Waals surface area contributed by atoms with Crippen molar-refractivity contribution in [1.82, 2.24) is 14.7 Å². The summed E-state index contributed by atoms with van der Waals surface area (Å²) >= 11 is 0. The molecule has 3 heterocycles. The number of piperidine rings is 2. The lowest BCUT2D eigenvalue weighted by Gasteiger charge is -2.44. The van der Waals surface area contributed by atoms with Crippen LogP contribution in [0, 0.1) is 0 Å². The lowest BCUT2D eigenvalue weighted by molar-refractivity contribution is -0.132. The first kappa shape index (κ1) is 17.5. The van der Waals surface area contributed by atoms with Crippen LogP contribution in [0.5, 0.6) is 0 Å². The lowest BCUT2D eigenvalue weighted by atomic mass is 9.97. The number of carbonyl (C=O) groups excluding carboxylic acids is 2. The maximum absolute atomic E-state index is 12.1. The molecule has 3 saturated heterocycles. The fourth-order valence-electron chi connectivity index (χ4n) is 4.57. The number of likely N-dealkylation sites (tertiary alicyclic amines) is 3. The Morgan fingerprint density at radius 2 is 1.67 bits per heavy atom. The molecule has 0 radical (unpaired) electrons. The maximum Gasteiger partial charge on any atom is 0.409 e. The van der Waals surface area contributed by atoms with Gasteiger partial charge in [0.05, 0.1) is 6.61 Å². The Hall–Kier alpha value is -1.30. The van der Waals surface area contributed by atoms with Gasteiger partial charge in [0, 0.05) is 50.7 Å². The monoisotopic (exact) mass is 337 g/mol. The molecule has 0 unspecified atom stereocenters. The van der Waals surface area contributed by atoms with E-state index in [4.69, 9.17) is 4.74 Å². The van der Waals surface area contributed by atoms with Gasteiger partial charge in [-0.3, -0.25) is 4.79 Å². The summed E-state index contributed by atoms with van der Waals surface area (Å²) < 4.78 is 5.09. The summed E-state index contributed by atoms with van der Waals surface area (Å²) in [6.45, 7) is 8.22. The predicted octanol–water partition coefficient (Wildman–Crippen LogP) is 2.08. The van der Waals surface area contributed by atoms with E-state index in [1.165, 1.54) is 0 Å².